The van der Waals surface area contributed by atoms with Crippen molar-refractivity contribution in [2.45, 2.75) is 20.0 Å². The number of nitrogens with zero attached hydrogens (tertiary/aromatic N) is 1. The molecule has 0 fully saturated rings. The van der Waals surface area contributed by atoms with Gasteiger partial charge < -0.3 is 9.47 Å². The molecule has 29 heavy (non-hydrogen) atoms. The fourth-order valence-corrected chi connectivity index (χ4v) is 3.58. The summed E-state index contributed by atoms with van der Waals surface area (Å²) in [6.45, 7) is 1.78. The Bertz CT molecular complexity index is 981. The summed E-state index contributed by atoms with van der Waals surface area (Å²) >= 11 is 2.59. The maximum absolute atomic E-state index is 11.9. The number of carbonyl (C=O) groups is 3. The zero-order valence-electron chi connectivity index (χ0n) is 15.5. The van der Waals surface area contributed by atoms with Gasteiger partial charge in [0.2, 0.25) is 0 Å². The first-order chi connectivity index (χ1) is 14.0. The van der Waals surface area contributed by atoms with Gasteiger partial charge in [0.25, 0.3) is 11.8 Å². The molecule has 0 saturated carbocycles. The van der Waals surface area contributed by atoms with Gasteiger partial charge >= 0.3 is 5.97 Å². The number of nitrogens with one attached hydrogen (secondary N) is 1. The number of rotatable bonds is 8. The van der Waals surface area contributed by atoms with Crippen molar-refractivity contribution >= 4 is 40.5 Å². The first kappa shape index (κ1) is 20.7. The Morgan fingerprint density at radius 3 is 2.62 bits per heavy atom. The molecule has 0 bridgehead atoms. The monoisotopic (exact) mass is 430 g/mol. The summed E-state index contributed by atoms with van der Waals surface area (Å²) < 4.78 is 10.6. The van der Waals surface area contributed by atoms with Crippen molar-refractivity contribution in [3.05, 3.63) is 68.3 Å². The van der Waals surface area contributed by atoms with E-state index >= 15 is 0 Å². The highest BCUT2D eigenvalue weighted by Crippen LogP contribution is 2.16. The van der Waals surface area contributed by atoms with Crippen LogP contribution in [0.3, 0.4) is 0 Å². The number of benzene rings is 1. The molecular weight excluding hydrogens is 412 g/mol. The zero-order chi connectivity index (χ0) is 20.6. The minimum atomic E-state index is -0.679. The fraction of sp³-hybridized carbons (Fsp3) is 0.200. The Kier molecular flexibility index (Phi) is 7.09. The van der Waals surface area contributed by atoms with Gasteiger partial charge in [-0.2, -0.15) is 0 Å². The zero-order valence-corrected chi connectivity index (χ0v) is 17.2. The summed E-state index contributed by atoms with van der Waals surface area (Å²) in [6, 6.07) is 11.0. The fourth-order valence-electron chi connectivity index (χ4n) is 2.25. The Balaban J connectivity index is 1.39. The summed E-state index contributed by atoms with van der Waals surface area (Å²) in [7, 11) is 0. The van der Waals surface area contributed by atoms with Gasteiger partial charge in [0.1, 0.15) is 17.4 Å². The van der Waals surface area contributed by atoms with Crippen LogP contribution in [-0.2, 0) is 27.4 Å². The highest BCUT2D eigenvalue weighted by Gasteiger charge is 2.14. The number of carbonyl (C=O) groups excluding carboxylic acids is 3. The van der Waals surface area contributed by atoms with Crippen LogP contribution < -0.4 is 10.1 Å². The van der Waals surface area contributed by atoms with E-state index in [1.54, 1.807) is 22.9 Å². The second-order valence-electron chi connectivity index (χ2n) is 6.03. The van der Waals surface area contributed by atoms with Gasteiger partial charge in [-0.3, -0.25) is 19.7 Å². The molecule has 0 aliphatic carbocycles. The molecule has 0 unspecified atom stereocenters. The van der Waals surface area contributed by atoms with Gasteiger partial charge in [-0.15, -0.1) is 22.7 Å². The summed E-state index contributed by atoms with van der Waals surface area (Å²) in [6.07, 6.45) is -0.0623. The lowest BCUT2D eigenvalue weighted by molar-refractivity contribution is -0.147. The highest BCUT2D eigenvalue weighted by molar-refractivity contribution is 7.12. The lowest BCUT2D eigenvalue weighted by atomic mass is 10.2. The number of hydrogen-bond donors (Lipinski definition) is 1. The van der Waals surface area contributed by atoms with Crippen molar-refractivity contribution in [3.63, 3.8) is 0 Å². The first-order valence-corrected chi connectivity index (χ1v) is 10.4. The average Bonchev–Trinajstić information content (AvgIpc) is 3.38. The van der Waals surface area contributed by atoms with Crippen molar-refractivity contribution in [3.8, 4) is 5.75 Å². The Labute approximate surface area is 175 Å². The second-order valence-corrected chi connectivity index (χ2v) is 7.92. The summed E-state index contributed by atoms with van der Waals surface area (Å²) in [5, 5.41) is 6.37. The van der Waals surface area contributed by atoms with E-state index in [9.17, 15) is 14.4 Å². The molecule has 150 valence electrons. The highest BCUT2D eigenvalue weighted by atomic mass is 32.1. The molecule has 2 aromatic heterocycles. The average molecular weight is 431 g/mol. The van der Waals surface area contributed by atoms with Gasteiger partial charge in [-0.05, 0) is 30.5 Å². The van der Waals surface area contributed by atoms with Crippen LogP contribution in [0, 0.1) is 6.92 Å². The van der Waals surface area contributed by atoms with E-state index in [0.29, 0.717) is 17.2 Å². The van der Waals surface area contributed by atoms with Crippen LogP contribution in [0.2, 0.25) is 0 Å². The number of thiophene rings is 1. The SMILES string of the molecule is Cc1ccc(OCc2nc(CC(=O)OCC(=O)NC(=O)c3cccs3)cs2)cc1. The smallest absolute Gasteiger partial charge is 0.312 e. The molecule has 3 rings (SSSR count). The van der Waals surface area contributed by atoms with Crippen molar-refractivity contribution in [1.82, 2.24) is 10.3 Å². The Morgan fingerprint density at radius 2 is 1.90 bits per heavy atom. The number of amides is 2. The normalized spacial score (nSPS) is 10.4. The van der Waals surface area contributed by atoms with E-state index in [-0.39, 0.29) is 6.42 Å². The number of ether oxygens (including phenoxy) is 2. The van der Waals surface area contributed by atoms with E-state index in [4.69, 9.17) is 9.47 Å². The van der Waals surface area contributed by atoms with Crippen LogP contribution in [-0.4, -0.2) is 29.4 Å². The first-order valence-electron chi connectivity index (χ1n) is 8.65. The summed E-state index contributed by atoms with van der Waals surface area (Å²) in [5.74, 6) is -1.05. The van der Waals surface area contributed by atoms with Crippen LogP contribution in [0.25, 0.3) is 0 Å². The minimum absolute atomic E-state index is 0.0623. The maximum atomic E-state index is 11.9. The molecule has 0 aliphatic rings. The molecule has 0 saturated heterocycles. The third-order valence-corrected chi connectivity index (χ3v) is 5.41. The lowest BCUT2D eigenvalue weighted by Crippen LogP contribution is -2.33. The molecule has 2 heterocycles. The van der Waals surface area contributed by atoms with Crippen molar-refractivity contribution in [1.29, 1.82) is 0 Å². The standard InChI is InChI=1S/C20H18N2O5S2/c1-13-4-6-15(7-5-13)26-11-18-21-14(12-29-18)9-19(24)27-10-17(23)22-20(25)16-3-2-8-28-16/h2-8,12H,9-11H2,1H3,(H,22,23,25). The number of thiazole rings is 1. The van der Waals surface area contributed by atoms with E-state index in [1.807, 2.05) is 31.2 Å². The Morgan fingerprint density at radius 1 is 1.10 bits per heavy atom. The quantitative estimate of drug-likeness (QED) is 0.552. The second kappa shape index (κ2) is 9.94. The third-order valence-electron chi connectivity index (χ3n) is 3.67. The van der Waals surface area contributed by atoms with E-state index in [2.05, 4.69) is 10.3 Å². The molecule has 9 heteroatoms. The lowest BCUT2D eigenvalue weighted by Gasteiger charge is -2.04. The molecule has 1 aromatic carbocycles. The van der Waals surface area contributed by atoms with Crippen LogP contribution in [0.15, 0.2) is 47.2 Å². The van der Waals surface area contributed by atoms with Gasteiger partial charge in [-0.25, -0.2) is 4.98 Å². The predicted molar refractivity (Wildman–Crippen MR) is 109 cm³/mol. The molecule has 0 aliphatic heterocycles. The third kappa shape index (κ3) is 6.51. The van der Waals surface area contributed by atoms with Crippen LogP contribution in [0.4, 0.5) is 0 Å². The minimum Gasteiger partial charge on any atom is -0.486 e. The molecule has 3 aromatic rings. The number of aromatic nitrogens is 1. The number of esters is 1. The number of aryl methyl sites for hydroxylation is 1. The largest absolute Gasteiger partial charge is 0.486 e. The molecule has 0 radical (unpaired) electrons. The molecule has 7 nitrogen and oxygen atoms in total. The van der Waals surface area contributed by atoms with Gasteiger partial charge in [0.05, 0.1) is 17.0 Å². The molecule has 0 atom stereocenters. The number of imide groups is 1. The van der Waals surface area contributed by atoms with E-state index in [0.717, 1.165) is 16.3 Å². The van der Waals surface area contributed by atoms with Crippen molar-refractivity contribution in [2.75, 3.05) is 6.61 Å². The topological polar surface area (TPSA) is 94.6 Å². The van der Waals surface area contributed by atoms with Crippen LogP contribution in [0.1, 0.15) is 25.9 Å². The molecular formula is C20H18N2O5S2. The number of hydrogen-bond acceptors (Lipinski definition) is 8. The summed E-state index contributed by atoms with van der Waals surface area (Å²) in [4.78, 5) is 40.1. The van der Waals surface area contributed by atoms with Crippen molar-refractivity contribution in [2.24, 2.45) is 0 Å². The van der Waals surface area contributed by atoms with E-state index in [1.165, 1.54) is 22.7 Å². The van der Waals surface area contributed by atoms with Crippen LogP contribution in [0.5, 0.6) is 5.75 Å². The van der Waals surface area contributed by atoms with Gasteiger partial charge in [-0.1, -0.05) is 23.8 Å². The molecule has 1 N–H and O–H groups in total. The van der Waals surface area contributed by atoms with Gasteiger partial charge in [0.15, 0.2) is 6.61 Å². The van der Waals surface area contributed by atoms with E-state index < -0.39 is 24.4 Å². The van der Waals surface area contributed by atoms with Gasteiger partial charge in [0, 0.05) is 5.38 Å². The Hall–Kier alpha value is -3.04. The molecule has 2 amide bonds. The van der Waals surface area contributed by atoms with Crippen LogP contribution >= 0.6 is 22.7 Å². The maximum Gasteiger partial charge on any atom is 0.312 e. The molecule has 0 spiro atoms. The van der Waals surface area contributed by atoms with Crippen molar-refractivity contribution < 1.29 is 23.9 Å². The summed E-state index contributed by atoms with van der Waals surface area (Å²) in [5.41, 5.74) is 1.69. The predicted octanol–water partition coefficient (Wildman–Crippen LogP) is 3.13.